The van der Waals surface area contributed by atoms with Crippen molar-refractivity contribution >= 4 is 83.5 Å². The number of benzene rings is 7. The Morgan fingerprint density at radius 3 is 2.12 bits per heavy atom. The van der Waals surface area contributed by atoms with Crippen LogP contribution in [0, 0.1) is 13.8 Å². The normalized spacial score (nSPS) is 12.8. The molecule has 224 valence electrons. The molecule has 4 nitrogen and oxygen atoms in total. The lowest BCUT2D eigenvalue weighted by Crippen LogP contribution is -2.58. The van der Waals surface area contributed by atoms with Gasteiger partial charge in [0.1, 0.15) is 0 Å². The lowest BCUT2D eigenvalue weighted by atomic mass is 9.34. The molecule has 0 saturated carbocycles. The average Bonchev–Trinajstić information content (AvgIpc) is 3.66. The summed E-state index contributed by atoms with van der Waals surface area (Å²) in [6, 6.07) is 51.2. The van der Waals surface area contributed by atoms with Crippen LogP contribution in [0.3, 0.4) is 0 Å². The Morgan fingerprint density at radius 2 is 1.27 bits per heavy atom. The molecule has 11 rings (SSSR count). The molecule has 48 heavy (non-hydrogen) atoms. The number of aromatic nitrogens is 4. The van der Waals surface area contributed by atoms with E-state index in [1.807, 2.05) is 0 Å². The Hall–Kier alpha value is -6.07. The van der Waals surface area contributed by atoms with Gasteiger partial charge in [-0.15, -0.1) is 0 Å². The molecule has 1 aliphatic heterocycles. The van der Waals surface area contributed by atoms with Crippen molar-refractivity contribution in [2.24, 2.45) is 0 Å². The highest BCUT2D eigenvalue weighted by Gasteiger charge is 2.36. The third-order valence-corrected chi connectivity index (χ3v) is 10.8. The third-order valence-electron chi connectivity index (χ3n) is 10.8. The molecule has 0 N–H and O–H groups in total. The van der Waals surface area contributed by atoms with E-state index in [0.29, 0.717) is 0 Å². The van der Waals surface area contributed by atoms with E-state index in [9.17, 15) is 0 Å². The first-order valence-corrected chi connectivity index (χ1v) is 16.7. The van der Waals surface area contributed by atoms with Gasteiger partial charge in [0.15, 0.2) is 0 Å². The maximum atomic E-state index is 5.38. The molecular formula is C43H29BN4. The number of aryl methyl sites for hydroxylation is 2. The van der Waals surface area contributed by atoms with Crippen LogP contribution in [0.1, 0.15) is 11.1 Å². The molecule has 0 saturated heterocycles. The predicted octanol–water partition coefficient (Wildman–Crippen LogP) is 8.13. The lowest BCUT2D eigenvalue weighted by molar-refractivity contribution is 1.07. The minimum absolute atomic E-state index is 0.0486. The van der Waals surface area contributed by atoms with Crippen molar-refractivity contribution in [1.82, 2.24) is 18.5 Å². The summed E-state index contributed by atoms with van der Waals surface area (Å²) < 4.78 is 7.28. The van der Waals surface area contributed by atoms with Crippen LogP contribution in [0.2, 0.25) is 0 Å². The number of rotatable bonds is 2. The second kappa shape index (κ2) is 9.27. The van der Waals surface area contributed by atoms with E-state index in [1.54, 1.807) is 0 Å². The van der Waals surface area contributed by atoms with Crippen molar-refractivity contribution in [3.8, 4) is 11.4 Å². The zero-order chi connectivity index (χ0) is 31.7. The number of imidazole rings is 1. The summed E-state index contributed by atoms with van der Waals surface area (Å²) in [5, 5.41) is 5.01. The molecule has 5 heteroatoms. The Labute approximate surface area is 277 Å². The van der Waals surface area contributed by atoms with Crippen molar-refractivity contribution in [3.63, 3.8) is 0 Å². The monoisotopic (exact) mass is 612 g/mol. The van der Waals surface area contributed by atoms with E-state index in [1.165, 1.54) is 82.5 Å². The van der Waals surface area contributed by atoms with Gasteiger partial charge in [-0.2, -0.15) is 0 Å². The quantitative estimate of drug-likeness (QED) is 0.181. The van der Waals surface area contributed by atoms with Crippen molar-refractivity contribution in [1.29, 1.82) is 0 Å². The maximum Gasteiger partial charge on any atom is 0.247 e. The Bertz CT molecular complexity index is 2960. The molecule has 0 atom stereocenters. The van der Waals surface area contributed by atoms with E-state index in [2.05, 4.69) is 167 Å². The molecule has 0 amide bonds. The lowest BCUT2D eigenvalue weighted by Gasteiger charge is -2.32. The van der Waals surface area contributed by atoms with Crippen LogP contribution in [-0.4, -0.2) is 25.2 Å². The first-order valence-electron chi connectivity index (χ1n) is 16.7. The summed E-state index contributed by atoms with van der Waals surface area (Å²) in [6.45, 7) is 4.59. The number of nitrogens with zero attached hydrogens (tertiary/aromatic N) is 4. The molecule has 0 spiro atoms. The molecule has 0 unspecified atom stereocenters. The van der Waals surface area contributed by atoms with Crippen LogP contribution in [0.25, 0.3) is 71.8 Å². The highest BCUT2D eigenvalue weighted by Crippen LogP contribution is 2.38. The van der Waals surface area contributed by atoms with Crippen molar-refractivity contribution in [3.05, 3.63) is 151 Å². The second-order valence-corrected chi connectivity index (χ2v) is 13.3. The predicted molar refractivity (Wildman–Crippen MR) is 202 cm³/mol. The van der Waals surface area contributed by atoms with E-state index in [0.717, 1.165) is 16.8 Å². The van der Waals surface area contributed by atoms with Gasteiger partial charge in [-0.25, -0.2) is 4.98 Å². The molecule has 0 bridgehead atoms. The highest BCUT2D eigenvalue weighted by molar-refractivity contribution is 6.98. The van der Waals surface area contributed by atoms with Crippen molar-refractivity contribution in [2.75, 3.05) is 0 Å². The van der Waals surface area contributed by atoms with Crippen molar-refractivity contribution in [2.45, 2.75) is 13.8 Å². The van der Waals surface area contributed by atoms with Crippen LogP contribution in [-0.2, 0) is 0 Å². The molecule has 0 radical (unpaired) electrons. The van der Waals surface area contributed by atoms with Crippen LogP contribution < -0.4 is 16.4 Å². The zero-order valence-electron chi connectivity index (χ0n) is 26.6. The molecular weight excluding hydrogens is 583 g/mol. The topological polar surface area (TPSA) is 27.2 Å². The fourth-order valence-electron chi connectivity index (χ4n) is 8.81. The number of hydrogen-bond donors (Lipinski definition) is 0. The zero-order valence-corrected chi connectivity index (χ0v) is 26.6. The first-order chi connectivity index (χ1) is 23.7. The third kappa shape index (κ3) is 3.23. The minimum Gasteiger partial charge on any atom is -0.309 e. The number of hydrogen-bond acceptors (Lipinski definition) is 1. The molecule has 10 aromatic rings. The van der Waals surface area contributed by atoms with Gasteiger partial charge in [-0.1, -0.05) is 108 Å². The first kappa shape index (κ1) is 26.1. The summed E-state index contributed by atoms with van der Waals surface area (Å²) in [7, 11) is 0. The fourth-order valence-corrected chi connectivity index (χ4v) is 8.81. The van der Waals surface area contributed by atoms with Gasteiger partial charge < -0.3 is 4.57 Å². The Kier molecular flexibility index (Phi) is 5.03. The molecule has 1 aliphatic rings. The fraction of sp³-hybridized carbons (Fsp3) is 0.0465. The number of para-hydroxylation sites is 4. The van der Waals surface area contributed by atoms with E-state index in [4.69, 9.17) is 4.98 Å². The SMILES string of the molecule is Cc1cccc(C)c1B1c2cc3c(cc2-n2c4c1ccc1cccc(c14)n1c4ccccc4nc21)c1ccccc1n3-c1ccccc1. The summed E-state index contributed by atoms with van der Waals surface area (Å²) >= 11 is 0. The smallest absolute Gasteiger partial charge is 0.247 e. The largest absolute Gasteiger partial charge is 0.309 e. The van der Waals surface area contributed by atoms with Gasteiger partial charge in [0.2, 0.25) is 12.5 Å². The van der Waals surface area contributed by atoms with Gasteiger partial charge in [0, 0.05) is 27.5 Å². The minimum atomic E-state index is 0.0486. The second-order valence-electron chi connectivity index (χ2n) is 13.3. The van der Waals surface area contributed by atoms with Crippen LogP contribution in [0.5, 0.6) is 0 Å². The summed E-state index contributed by atoms with van der Waals surface area (Å²) in [5.74, 6) is 0.941. The van der Waals surface area contributed by atoms with E-state index < -0.39 is 0 Å². The molecule has 4 heterocycles. The van der Waals surface area contributed by atoms with Crippen LogP contribution in [0.15, 0.2) is 140 Å². The molecule has 0 aliphatic carbocycles. The van der Waals surface area contributed by atoms with Gasteiger partial charge in [-0.05, 0) is 78.7 Å². The van der Waals surface area contributed by atoms with Gasteiger partial charge in [-0.3, -0.25) is 8.97 Å². The molecule has 0 fully saturated rings. The van der Waals surface area contributed by atoms with Crippen LogP contribution in [0.4, 0.5) is 0 Å². The maximum absolute atomic E-state index is 5.38. The highest BCUT2D eigenvalue weighted by atomic mass is 15.2. The standard InChI is InChI=1S/C43H29BN4/c1-26-12-10-13-27(2)41(26)44-32-23-22-28-14-11-21-37-40(28)42(32)48(43-45-34-18-7-9-20-36(34)47(37)43)39-24-31-30-17-6-8-19-35(30)46(38(31)25-33(39)44)29-15-4-3-5-16-29/h3-25H,1-2H3. The summed E-state index contributed by atoms with van der Waals surface area (Å²) in [5.41, 5.74) is 16.0. The molecule has 3 aromatic heterocycles. The van der Waals surface area contributed by atoms with Gasteiger partial charge >= 0.3 is 0 Å². The summed E-state index contributed by atoms with van der Waals surface area (Å²) in [4.78, 5) is 5.38. The van der Waals surface area contributed by atoms with Crippen LogP contribution >= 0.6 is 0 Å². The van der Waals surface area contributed by atoms with Gasteiger partial charge in [0.25, 0.3) is 0 Å². The Balaban J connectivity index is 1.41. The van der Waals surface area contributed by atoms with Gasteiger partial charge in [0.05, 0.1) is 33.1 Å². The average molecular weight is 613 g/mol. The number of fused-ring (bicyclic) bond motifs is 10. The Morgan fingerprint density at radius 1 is 0.542 bits per heavy atom. The van der Waals surface area contributed by atoms with E-state index in [-0.39, 0.29) is 6.71 Å². The van der Waals surface area contributed by atoms with Crippen molar-refractivity contribution < 1.29 is 0 Å². The van der Waals surface area contributed by atoms with E-state index >= 15 is 0 Å². The molecule has 7 aromatic carbocycles. The summed E-state index contributed by atoms with van der Waals surface area (Å²) in [6.07, 6.45) is 0.